The number of ether oxygens (including phenoxy) is 2. The largest absolute Gasteiger partial charge is 0.495 e. The monoisotopic (exact) mass is 410 g/mol. The molecule has 0 bridgehead atoms. The van der Waals surface area contributed by atoms with E-state index in [9.17, 15) is 9.90 Å². The number of rotatable bonds is 8. The van der Waals surface area contributed by atoms with Crippen molar-refractivity contribution in [2.45, 2.75) is 32.7 Å². The standard InChI is InChI=1S/C20H22N6O4/c1-4-26-18(20(27)28)17(24-25-26)15-9-21-11(2)23-19(15)30-10-12-7-14(12)16-6-5-13(29-3)8-22-16/h5-6,8-9,12,14H,4,7,10H2,1-3H3,(H,27,28)/t12-,14+/m1/s1. The van der Waals surface area contributed by atoms with Gasteiger partial charge in [0.05, 0.1) is 25.5 Å². The van der Waals surface area contributed by atoms with E-state index in [0.717, 1.165) is 17.9 Å². The van der Waals surface area contributed by atoms with Gasteiger partial charge in [0.1, 0.15) is 17.3 Å². The SMILES string of the molecule is CCn1nnc(-c2cnc(C)nc2OC[C@H]2C[C@@H]2c2ccc(OC)cn2)c1C(=O)O. The Hall–Kier alpha value is -3.56. The molecule has 0 spiro atoms. The molecule has 30 heavy (non-hydrogen) atoms. The summed E-state index contributed by atoms with van der Waals surface area (Å²) < 4.78 is 12.5. The summed E-state index contributed by atoms with van der Waals surface area (Å²) in [5, 5.41) is 17.6. The molecule has 0 unspecified atom stereocenters. The molecule has 0 saturated heterocycles. The fourth-order valence-corrected chi connectivity index (χ4v) is 3.36. The van der Waals surface area contributed by atoms with Gasteiger partial charge < -0.3 is 14.6 Å². The van der Waals surface area contributed by atoms with Crippen LogP contribution in [0.4, 0.5) is 0 Å². The second-order valence-corrected chi connectivity index (χ2v) is 7.08. The van der Waals surface area contributed by atoms with Crippen molar-refractivity contribution in [1.29, 1.82) is 0 Å². The minimum absolute atomic E-state index is 0.0125. The van der Waals surface area contributed by atoms with Gasteiger partial charge in [0.25, 0.3) is 0 Å². The molecule has 3 heterocycles. The Kier molecular flexibility index (Phi) is 5.30. The summed E-state index contributed by atoms with van der Waals surface area (Å²) in [6, 6.07) is 3.86. The topological polar surface area (TPSA) is 125 Å². The van der Waals surface area contributed by atoms with E-state index in [0.29, 0.717) is 42.3 Å². The molecule has 0 radical (unpaired) electrons. The van der Waals surface area contributed by atoms with Crippen LogP contribution in [0.2, 0.25) is 0 Å². The predicted molar refractivity (Wildman–Crippen MR) is 106 cm³/mol. The summed E-state index contributed by atoms with van der Waals surface area (Å²) in [6.07, 6.45) is 4.20. The molecule has 1 saturated carbocycles. The predicted octanol–water partition coefficient (Wildman–Crippen LogP) is 2.35. The van der Waals surface area contributed by atoms with Gasteiger partial charge in [0.2, 0.25) is 5.88 Å². The van der Waals surface area contributed by atoms with E-state index < -0.39 is 5.97 Å². The zero-order chi connectivity index (χ0) is 21.3. The fourth-order valence-electron chi connectivity index (χ4n) is 3.36. The average Bonchev–Trinajstić information content (AvgIpc) is 3.40. The number of aryl methyl sites for hydroxylation is 2. The summed E-state index contributed by atoms with van der Waals surface area (Å²) in [5.41, 5.74) is 1.60. The summed E-state index contributed by atoms with van der Waals surface area (Å²) >= 11 is 0. The number of nitrogens with zero attached hydrogens (tertiary/aromatic N) is 6. The smallest absolute Gasteiger partial charge is 0.356 e. The van der Waals surface area contributed by atoms with E-state index in [-0.39, 0.29) is 11.4 Å². The van der Waals surface area contributed by atoms with E-state index in [4.69, 9.17) is 9.47 Å². The molecular formula is C20H22N6O4. The first kappa shape index (κ1) is 19.7. The van der Waals surface area contributed by atoms with E-state index in [2.05, 4.69) is 25.3 Å². The van der Waals surface area contributed by atoms with Crippen LogP contribution in [-0.2, 0) is 6.54 Å². The van der Waals surface area contributed by atoms with Crippen LogP contribution in [0.3, 0.4) is 0 Å². The van der Waals surface area contributed by atoms with Gasteiger partial charge in [-0.3, -0.25) is 4.98 Å². The lowest BCUT2D eigenvalue weighted by Crippen LogP contribution is -2.10. The molecule has 1 fully saturated rings. The van der Waals surface area contributed by atoms with Crippen molar-refractivity contribution < 1.29 is 19.4 Å². The third-order valence-electron chi connectivity index (χ3n) is 5.10. The average molecular weight is 410 g/mol. The first-order valence-electron chi connectivity index (χ1n) is 9.65. The van der Waals surface area contributed by atoms with Gasteiger partial charge in [-0.2, -0.15) is 4.98 Å². The van der Waals surface area contributed by atoms with Crippen molar-refractivity contribution in [3.63, 3.8) is 0 Å². The Morgan fingerprint density at radius 2 is 2.13 bits per heavy atom. The van der Waals surface area contributed by atoms with Crippen molar-refractivity contribution >= 4 is 5.97 Å². The number of carboxylic acid groups (broad SMARTS) is 1. The summed E-state index contributed by atoms with van der Waals surface area (Å²) in [4.78, 5) is 24.7. The minimum atomic E-state index is -1.11. The molecule has 10 nitrogen and oxygen atoms in total. The number of pyridine rings is 1. The van der Waals surface area contributed by atoms with Gasteiger partial charge in [0, 0.05) is 30.3 Å². The first-order valence-corrected chi connectivity index (χ1v) is 9.65. The normalized spacial score (nSPS) is 17.6. The van der Waals surface area contributed by atoms with Crippen LogP contribution in [0.25, 0.3) is 11.3 Å². The number of hydrogen-bond donors (Lipinski definition) is 1. The van der Waals surface area contributed by atoms with Gasteiger partial charge in [0.15, 0.2) is 5.69 Å². The molecule has 3 aromatic heterocycles. The Bertz CT molecular complexity index is 1070. The van der Waals surface area contributed by atoms with E-state index in [1.165, 1.54) is 10.9 Å². The van der Waals surface area contributed by atoms with E-state index in [1.54, 1.807) is 27.2 Å². The molecular weight excluding hydrogens is 388 g/mol. The number of carbonyl (C=O) groups is 1. The Balaban J connectivity index is 1.53. The molecule has 1 N–H and O–H groups in total. The molecule has 1 aliphatic rings. The maximum Gasteiger partial charge on any atom is 0.356 e. The van der Waals surface area contributed by atoms with Crippen LogP contribution in [-0.4, -0.2) is 54.7 Å². The van der Waals surface area contributed by atoms with Crippen molar-refractivity contribution in [3.05, 3.63) is 41.7 Å². The van der Waals surface area contributed by atoms with Crippen LogP contribution in [0.1, 0.15) is 41.3 Å². The van der Waals surface area contributed by atoms with Gasteiger partial charge >= 0.3 is 5.97 Å². The van der Waals surface area contributed by atoms with Crippen molar-refractivity contribution in [1.82, 2.24) is 29.9 Å². The summed E-state index contributed by atoms with van der Waals surface area (Å²) in [5.74, 6) is 1.06. The van der Waals surface area contributed by atoms with Gasteiger partial charge in [-0.05, 0) is 32.4 Å². The molecule has 4 rings (SSSR count). The van der Waals surface area contributed by atoms with Gasteiger partial charge in [-0.25, -0.2) is 14.5 Å². The Morgan fingerprint density at radius 3 is 2.80 bits per heavy atom. The van der Waals surface area contributed by atoms with Crippen LogP contribution >= 0.6 is 0 Å². The number of methoxy groups -OCH3 is 1. The highest BCUT2D eigenvalue weighted by atomic mass is 16.5. The maximum absolute atomic E-state index is 11.7. The van der Waals surface area contributed by atoms with Crippen molar-refractivity contribution in [2.24, 2.45) is 5.92 Å². The molecule has 0 aliphatic heterocycles. The lowest BCUT2D eigenvalue weighted by molar-refractivity contribution is 0.0684. The van der Waals surface area contributed by atoms with Crippen LogP contribution < -0.4 is 9.47 Å². The summed E-state index contributed by atoms with van der Waals surface area (Å²) in [7, 11) is 1.61. The number of aromatic nitrogens is 6. The van der Waals surface area contributed by atoms with Gasteiger partial charge in [-0.1, -0.05) is 5.21 Å². The molecule has 156 valence electrons. The highest BCUT2D eigenvalue weighted by Crippen LogP contribution is 2.47. The minimum Gasteiger partial charge on any atom is -0.495 e. The Labute approximate surface area is 172 Å². The lowest BCUT2D eigenvalue weighted by atomic mass is 10.2. The maximum atomic E-state index is 11.7. The second kappa shape index (κ2) is 8.05. The highest BCUT2D eigenvalue weighted by Gasteiger charge is 2.40. The summed E-state index contributed by atoms with van der Waals surface area (Å²) in [6.45, 7) is 4.37. The molecule has 3 aromatic rings. The highest BCUT2D eigenvalue weighted by molar-refractivity contribution is 5.93. The van der Waals surface area contributed by atoms with E-state index in [1.807, 2.05) is 12.1 Å². The third-order valence-corrected chi connectivity index (χ3v) is 5.10. The molecule has 0 amide bonds. The number of aromatic carboxylic acids is 1. The zero-order valence-corrected chi connectivity index (χ0v) is 16.9. The van der Waals surface area contributed by atoms with Crippen LogP contribution in [0.15, 0.2) is 24.5 Å². The quantitative estimate of drug-likeness (QED) is 0.595. The molecule has 10 heteroatoms. The van der Waals surface area contributed by atoms with Crippen LogP contribution in [0, 0.1) is 12.8 Å². The van der Waals surface area contributed by atoms with Crippen molar-refractivity contribution in [3.8, 4) is 22.9 Å². The lowest BCUT2D eigenvalue weighted by Gasteiger charge is -2.10. The van der Waals surface area contributed by atoms with Gasteiger partial charge in [-0.15, -0.1) is 5.10 Å². The van der Waals surface area contributed by atoms with Crippen LogP contribution in [0.5, 0.6) is 11.6 Å². The molecule has 2 atom stereocenters. The third kappa shape index (κ3) is 3.80. The zero-order valence-electron chi connectivity index (χ0n) is 16.9. The van der Waals surface area contributed by atoms with E-state index >= 15 is 0 Å². The second-order valence-electron chi connectivity index (χ2n) is 7.08. The first-order chi connectivity index (χ1) is 14.5. The number of hydrogen-bond acceptors (Lipinski definition) is 8. The molecule has 1 aliphatic carbocycles. The Morgan fingerprint density at radius 1 is 1.30 bits per heavy atom. The molecule has 0 aromatic carbocycles. The number of carboxylic acids is 1. The van der Waals surface area contributed by atoms with Crippen molar-refractivity contribution in [2.75, 3.05) is 13.7 Å². The fraction of sp³-hybridized carbons (Fsp3) is 0.400.